The highest BCUT2D eigenvalue weighted by molar-refractivity contribution is 5.95. The van der Waals surface area contributed by atoms with Gasteiger partial charge in [0.1, 0.15) is 5.82 Å². The van der Waals surface area contributed by atoms with E-state index in [1.807, 2.05) is 47.0 Å². The van der Waals surface area contributed by atoms with Gasteiger partial charge in [0, 0.05) is 30.6 Å². The first kappa shape index (κ1) is 15.1. The van der Waals surface area contributed by atoms with Gasteiger partial charge in [-0.3, -0.25) is 4.79 Å². The Bertz CT molecular complexity index is 975. The molecule has 0 unspecified atom stereocenters. The van der Waals surface area contributed by atoms with Crippen LogP contribution < -0.4 is 5.32 Å². The molecule has 3 aromatic heterocycles. The number of amides is 1. The number of hydrogen-bond acceptors (Lipinski definition) is 3. The predicted octanol–water partition coefficient (Wildman–Crippen LogP) is 2.77. The molecular weight excluding hydrogens is 314 g/mol. The molecule has 2 N–H and O–H groups in total. The van der Waals surface area contributed by atoms with Crippen molar-refractivity contribution in [3.05, 3.63) is 90.5 Å². The van der Waals surface area contributed by atoms with Crippen molar-refractivity contribution in [3.8, 4) is 0 Å². The summed E-state index contributed by atoms with van der Waals surface area (Å²) in [6, 6.07) is 13.4. The van der Waals surface area contributed by atoms with Crippen LogP contribution in [0.1, 0.15) is 27.8 Å². The fraction of sp³-hybridized carbons (Fsp3) is 0.105. The van der Waals surface area contributed by atoms with E-state index < -0.39 is 0 Å². The average molecular weight is 331 g/mol. The Hall–Kier alpha value is -3.41. The van der Waals surface area contributed by atoms with Crippen LogP contribution in [0.5, 0.6) is 0 Å². The van der Waals surface area contributed by atoms with E-state index in [0.717, 1.165) is 16.9 Å². The van der Waals surface area contributed by atoms with Crippen molar-refractivity contribution in [3.63, 3.8) is 0 Å². The van der Waals surface area contributed by atoms with E-state index in [9.17, 15) is 4.79 Å². The van der Waals surface area contributed by atoms with Crippen molar-refractivity contribution in [1.82, 2.24) is 24.7 Å². The van der Waals surface area contributed by atoms with E-state index in [2.05, 4.69) is 20.3 Å². The summed E-state index contributed by atoms with van der Waals surface area (Å²) in [4.78, 5) is 24.2. The van der Waals surface area contributed by atoms with Crippen molar-refractivity contribution < 1.29 is 4.79 Å². The Kier molecular flexibility index (Phi) is 4.00. The number of aromatic amines is 1. The van der Waals surface area contributed by atoms with E-state index in [-0.39, 0.29) is 11.9 Å². The van der Waals surface area contributed by atoms with Crippen molar-refractivity contribution in [2.45, 2.75) is 12.5 Å². The molecule has 0 saturated heterocycles. The van der Waals surface area contributed by atoms with Crippen LogP contribution in [0.25, 0.3) is 5.52 Å². The molecule has 6 nitrogen and oxygen atoms in total. The number of carbonyl (C=O) groups excluding carboxylic acids is 1. The van der Waals surface area contributed by atoms with E-state index in [4.69, 9.17) is 0 Å². The van der Waals surface area contributed by atoms with Gasteiger partial charge < -0.3 is 14.7 Å². The second-order valence-corrected chi connectivity index (χ2v) is 5.82. The zero-order valence-corrected chi connectivity index (χ0v) is 13.5. The first-order valence-electron chi connectivity index (χ1n) is 8.05. The molecular formula is C19H17N5O. The number of carbonyl (C=O) groups is 1. The van der Waals surface area contributed by atoms with Gasteiger partial charge in [0.25, 0.3) is 5.91 Å². The summed E-state index contributed by atoms with van der Waals surface area (Å²) in [5.74, 6) is 0.713. The normalized spacial score (nSPS) is 12.2. The lowest BCUT2D eigenvalue weighted by Gasteiger charge is -2.18. The lowest BCUT2D eigenvalue weighted by atomic mass is 10.0. The second-order valence-electron chi connectivity index (χ2n) is 5.82. The zero-order chi connectivity index (χ0) is 17.1. The number of benzene rings is 1. The SMILES string of the molecule is O=C(N[C@H](Cc1ncc[nH]1)c1ccccc1)c1ccn2cncc2c1. The van der Waals surface area contributed by atoms with E-state index in [1.165, 1.54) is 0 Å². The van der Waals surface area contributed by atoms with Crippen LogP contribution in [-0.4, -0.2) is 25.3 Å². The first-order chi connectivity index (χ1) is 12.3. The third-order valence-corrected chi connectivity index (χ3v) is 4.14. The Morgan fingerprint density at radius 3 is 2.92 bits per heavy atom. The monoisotopic (exact) mass is 331 g/mol. The molecule has 0 aliphatic rings. The molecule has 1 aromatic carbocycles. The molecule has 3 heterocycles. The minimum Gasteiger partial charge on any atom is -0.349 e. The highest BCUT2D eigenvalue weighted by Crippen LogP contribution is 2.18. The van der Waals surface area contributed by atoms with Crippen LogP contribution in [0, 0.1) is 0 Å². The zero-order valence-electron chi connectivity index (χ0n) is 13.5. The number of aromatic nitrogens is 4. The fourth-order valence-electron chi connectivity index (χ4n) is 2.84. The number of H-pyrrole nitrogens is 1. The molecule has 6 heteroatoms. The molecule has 0 aliphatic heterocycles. The summed E-state index contributed by atoms with van der Waals surface area (Å²) in [6.07, 6.45) is 9.37. The molecule has 0 bridgehead atoms. The Labute approximate surface area is 144 Å². The van der Waals surface area contributed by atoms with Crippen LogP contribution in [0.2, 0.25) is 0 Å². The van der Waals surface area contributed by atoms with Crippen molar-refractivity contribution in [2.75, 3.05) is 0 Å². The number of pyridine rings is 1. The Balaban J connectivity index is 1.59. The van der Waals surface area contributed by atoms with Gasteiger partial charge in [-0.15, -0.1) is 0 Å². The number of nitrogens with zero attached hydrogens (tertiary/aromatic N) is 3. The maximum atomic E-state index is 12.8. The Morgan fingerprint density at radius 2 is 2.12 bits per heavy atom. The third kappa shape index (κ3) is 3.28. The van der Waals surface area contributed by atoms with Crippen LogP contribution in [0.15, 0.2) is 73.6 Å². The Morgan fingerprint density at radius 1 is 1.24 bits per heavy atom. The quantitative estimate of drug-likeness (QED) is 0.590. The second kappa shape index (κ2) is 6.60. The largest absolute Gasteiger partial charge is 0.349 e. The lowest BCUT2D eigenvalue weighted by molar-refractivity contribution is 0.0936. The van der Waals surface area contributed by atoms with Gasteiger partial charge in [0.15, 0.2) is 0 Å². The van der Waals surface area contributed by atoms with Gasteiger partial charge in [-0.25, -0.2) is 9.97 Å². The van der Waals surface area contributed by atoms with Crippen molar-refractivity contribution in [2.24, 2.45) is 0 Å². The molecule has 0 spiro atoms. The number of rotatable bonds is 5. The summed E-state index contributed by atoms with van der Waals surface area (Å²) < 4.78 is 1.87. The maximum absolute atomic E-state index is 12.8. The lowest BCUT2D eigenvalue weighted by Crippen LogP contribution is -2.30. The molecule has 1 amide bonds. The van der Waals surface area contributed by atoms with Crippen LogP contribution in [0.3, 0.4) is 0 Å². The van der Waals surface area contributed by atoms with Gasteiger partial charge >= 0.3 is 0 Å². The molecule has 0 aliphatic carbocycles. The van der Waals surface area contributed by atoms with E-state index >= 15 is 0 Å². The average Bonchev–Trinajstić information content (AvgIpc) is 3.32. The topological polar surface area (TPSA) is 75.1 Å². The number of hydrogen-bond donors (Lipinski definition) is 2. The minimum absolute atomic E-state index is 0.121. The summed E-state index contributed by atoms with van der Waals surface area (Å²) >= 11 is 0. The van der Waals surface area contributed by atoms with Gasteiger partial charge in [-0.2, -0.15) is 0 Å². The smallest absolute Gasteiger partial charge is 0.251 e. The number of fused-ring (bicyclic) bond motifs is 1. The maximum Gasteiger partial charge on any atom is 0.251 e. The van der Waals surface area contributed by atoms with Crippen LogP contribution in [0.4, 0.5) is 0 Å². The standard InChI is InChI=1S/C19H17N5O/c25-19(15-6-9-24-13-20-12-16(24)10-15)23-17(11-18-21-7-8-22-18)14-4-2-1-3-5-14/h1-10,12-13,17H,11H2,(H,21,22)(H,23,25)/t17-/m1/s1. The summed E-state index contributed by atoms with van der Waals surface area (Å²) in [5.41, 5.74) is 2.53. The summed E-state index contributed by atoms with van der Waals surface area (Å²) in [6.45, 7) is 0. The fourth-order valence-corrected chi connectivity index (χ4v) is 2.84. The van der Waals surface area contributed by atoms with E-state index in [1.54, 1.807) is 31.0 Å². The van der Waals surface area contributed by atoms with Gasteiger partial charge in [0.05, 0.1) is 24.1 Å². The molecule has 1 atom stereocenters. The highest BCUT2D eigenvalue weighted by Gasteiger charge is 2.17. The van der Waals surface area contributed by atoms with Gasteiger partial charge in [-0.1, -0.05) is 30.3 Å². The van der Waals surface area contributed by atoms with E-state index in [0.29, 0.717) is 12.0 Å². The molecule has 4 aromatic rings. The number of imidazole rings is 2. The van der Waals surface area contributed by atoms with Gasteiger partial charge in [0.2, 0.25) is 0 Å². The molecule has 4 rings (SSSR count). The van der Waals surface area contributed by atoms with Crippen LogP contribution >= 0.6 is 0 Å². The predicted molar refractivity (Wildman–Crippen MR) is 94.1 cm³/mol. The molecule has 25 heavy (non-hydrogen) atoms. The summed E-state index contributed by atoms with van der Waals surface area (Å²) in [7, 11) is 0. The minimum atomic E-state index is -0.166. The first-order valence-corrected chi connectivity index (χ1v) is 8.05. The third-order valence-electron chi connectivity index (χ3n) is 4.14. The summed E-state index contributed by atoms with van der Waals surface area (Å²) in [5, 5.41) is 3.12. The molecule has 0 saturated carbocycles. The van der Waals surface area contributed by atoms with Crippen molar-refractivity contribution in [1.29, 1.82) is 0 Å². The number of nitrogens with one attached hydrogen (secondary N) is 2. The van der Waals surface area contributed by atoms with Crippen molar-refractivity contribution >= 4 is 11.4 Å². The highest BCUT2D eigenvalue weighted by atomic mass is 16.1. The van der Waals surface area contributed by atoms with Gasteiger partial charge in [-0.05, 0) is 17.7 Å². The molecule has 0 fully saturated rings. The molecule has 124 valence electrons. The van der Waals surface area contributed by atoms with Crippen LogP contribution in [-0.2, 0) is 6.42 Å². The molecule has 0 radical (unpaired) electrons.